The molecule has 0 saturated carbocycles. The van der Waals surface area contributed by atoms with E-state index in [-0.39, 0.29) is 6.61 Å². The van der Waals surface area contributed by atoms with Crippen LogP contribution in [-0.4, -0.2) is 11.7 Å². The Bertz CT molecular complexity index is 113. The van der Waals surface area contributed by atoms with E-state index >= 15 is 0 Å². The Morgan fingerprint density at radius 1 is 1.45 bits per heavy atom. The Morgan fingerprint density at radius 3 is 2.45 bits per heavy atom. The van der Waals surface area contributed by atoms with Crippen molar-refractivity contribution >= 4 is 0 Å². The highest BCUT2D eigenvalue weighted by Gasteiger charge is 2.02. The molecule has 3 heteroatoms. The summed E-state index contributed by atoms with van der Waals surface area (Å²) >= 11 is 0. The van der Waals surface area contributed by atoms with E-state index in [9.17, 15) is 0 Å². The van der Waals surface area contributed by atoms with Crippen molar-refractivity contribution in [1.82, 2.24) is 0 Å². The van der Waals surface area contributed by atoms with Gasteiger partial charge in [0.05, 0.1) is 5.82 Å². The number of rotatable bonds is 5. The Labute approximate surface area is 68.1 Å². The van der Waals surface area contributed by atoms with Gasteiger partial charge in [0.25, 0.3) is 0 Å². The van der Waals surface area contributed by atoms with Gasteiger partial charge in [-0.1, -0.05) is 13.3 Å². The molecule has 0 aromatic carbocycles. The minimum atomic E-state index is 0.203. The van der Waals surface area contributed by atoms with Crippen molar-refractivity contribution in [3.05, 3.63) is 11.9 Å². The third-order valence-corrected chi connectivity index (χ3v) is 1.59. The Hall–Kier alpha value is -0.700. The summed E-state index contributed by atoms with van der Waals surface area (Å²) in [6.45, 7) is 2.30. The van der Waals surface area contributed by atoms with Crippen LogP contribution in [0.5, 0.6) is 0 Å². The molecule has 0 aliphatic carbocycles. The Kier molecular flexibility index (Phi) is 5.65. The van der Waals surface area contributed by atoms with Crippen molar-refractivity contribution in [2.75, 3.05) is 6.61 Å². The number of hydrogen-bond donors (Lipinski definition) is 3. The minimum absolute atomic E-state index is 0.203. The predicted molar refractivity (Wildman–Crippen MR) is 46.6 cm³/mol. The first kappa shape index (κ1) is 10.3. The fraction of sp³-hybridized carbons (Fsp3) is 0.750. The van der Waals surface area contributed by atoms with Crippen molar-refractivity contribution in [3.8, 4) is 0 Å². The van der Waals surface area contributed by atoms with Gasteiger partial charge in [0.1, 0.15) is 0 Å². The topological polar surface area (TPSA) is 72.3 Å². The number of aliphatic hydroxyl groups excluding tert-OH is 1. The largest absolute Gasteiger partial charge is 0.396 e. The molecule has 5 N–H and O–H groups in total. The smallest absolute Gasteiger partial charge is 0.0895 e. The minimum Gasteiger partial charge on any atom is -0.396 e. The highest BCUT2D eigenvalue weighted by molar-refractivity contribution is 4.94. The van der Waals surface area contributed by atoms with Crippen LogP contribution in [0.2, 0.25) is 0 Å². The van der Waals surface area contributed by atoms with Crippen LogP contribution < -0.4 is 11.5 Å². The van der Waals surface area contributed by atoms with Crippen LogP contribution >= 0.6 is 0 Å². The van der Waals surface area contributed by atoms with E-state index in [1.54, 1.807) is 0 Å². The van der Waals surface area contributed by atoms with E-state index in [1.165, 1.54) is 0 Å². The molecule has 0 saturated heterocycles. The lowest BCUT2D eigenvalue weighted by Crippen LogP contribution is -2.11. The van der Waals surface area contributed by atoms with Crippen molar-refractivity contribution in [2.45, 2.75) is 26.2 Å². The predicted octanol–water partition coefficient (Wildman–Crippen LogP) is 0.544. The molecule has 0 aliphatic heterocycles. The third-order valence-electron chi connectivity index (χ3n) is 1.59. The average Bonchev–Trinajstić information content (AvgIpc) is 1.87. The van der Waals surface area contributed by atoms with Crippen LogP contribution in [0.15, 0.2) is 11.9 Å². The van der Waals surface area contributed by atoms with E-state index in [0.29, 0.717) is 11.7 Å². The van der Waals surface area contributed by atoms with Crippen LogP contribution in [0.3, 0.4) is 0 Å². The van der Waals surface area contributed by atoms with Gasteiger partial charge in [-0.2, -0.15) is 0 Å². The van der Waals surface area contributed by atoms with Crippen molar-refractivity contribution in [2.24, 2.45) is 17.4 Å². The van der Waals surface area contributed by atoms with E-state index in [0.717, 1.165) is 19.3 Å². The van der Waals surface area contributed by atoms with Gasteiger partial charge in [-0.25, -0.2) is 0 Å². The summed E-state index contributed by atoms with van der Waals surface area (Å²) < 4.78 is 0. The van der Waals surface area contributed by atoms with Gasteiger partial charge in [0, 0.05) is 6.61 Å². The van der Waals surface area contributed by atoms with Gasteiger partial charge in [0.2, 0.25) is 0 Å². The lowest BCUT2D eigenvalue weighted by atomic mass is 10.00. The first-order valence-corrected chi connectivity index (χ1v) is 4.04. The van der Waals surface area contributed by atoms with Crippen LogP contribution in [-0.2, 0) is 0 Å². The molecule has 0 radical (unpaired) electrons. The Morgan fingerprint density at radius 2 is 2.09 bits per heavy atom. The molecular weight excluding hydrogens is 140 g/mol. The van der Waals surface area contributed by atoms with E-state index in [1.807, 2.05) is 6.08 Å². The van der Waals surface area contributed by atoms with Gasteiger partial charge in [-0.3, -0.25) is 0 Å². The lowest BCUT2D eigenvalue weighted by molar-refractivity contribution is 0.266. The van der Waals surface area contributed by atoms with Gasteiger partial charge in [-0.15, -0.1) is 0 Å². The van der Waals surface area contributed by atoms with Crippen LogP contribution in [0.4, 0.5) is 0 Å². The quantitative estimate of drug-likeness (QED) is 0.547. The first-order chi connectivity index (χ1) is 5.20. The molecule has 0 rings (SSSR count). The normalized spacial score (nSPS) is 12.5. The molecular formula is C8H18N2O. The number of nitrogens with two attached hydrogens (primary N) is 2. The number of allylic oxidation sites excluding steroid dienone is 1. The number of aliphatic hydroxyl groups is 1. The number of hydrogen-bond acceptors (Lipinski definition) is 3. The Balaban J connectivity index is 3.78. The molecule has 0 aromatic heterocycles. The zero-order valence-corrected chi connectivity index (χ0v) is 7.09. The molecule has 66 valence electrons. The molecule has 11 heavy (non-hydrogen) atoms. The molecule has 1 atom stereocenters. The van der Waals surface area contributed by atoms with Crippen LogP contribution in [0.25, 0.3) is 0 Å². The second-order valence-electron chi connectivity index (χ2n) is 2.73. The average molecular weight is 158 g/mol. The van der Waals surface area contributed by atoms with Crippen molar-refractivity contribution in [3.63, 3.8) is 0 Å². The molecule has 0 heterocycles. The maximum absolute atomic E-state index is 8.67. The van der Waals surface area contributed by atoms with Gasteiger partial charge in [-0.05, 0) is 24.8 Å². The summed E-state index contributed by atoms with van der Waals surface area (Å²) in [6, 6.07) is 0. The summed E-state index contributed by atoms with van der Waals surface area (Å²) in [4.78, 5) is 0. The van der Waals surface area contributed by atoms with E-state index in [4.69, 9.17) is 16.6 Å². The fourth-order valence-corrected chi connectivity index (χ4v) is 1.12. The third kappa shape index (κ3) is 5.73. The van der Waals surface area contributed by atoms with Gasteiger partial charge < -0.3 is 16.6 Å². The van der Waals surface area contributed by atoms with Gasteiger partial charge in [0.15, 0.2) is 0 Å². The molecule has 0 bridgehead atoms. The highest BCUT2D eigenvalue weighted by atomic mass is 16.3. The second-order valence-corrected chi connectivity index (χ2v) is 2.73. The van der Waals surface area contributed by atoms with Crippen LogP contribution in [0.1, 0.15) is 26.2 Å². The maximum atomic E-state index is 8.67. The molecule has 0 aromatic rings. The molecule has 0 spiro atoms. The van der Waals surface area contributed by atoms with Gasteiger partial charge >= 0.3 is 0 Å². The zero-order chi connectivity index (χ0) is 8.69. The first-order valence-electron chi connectivity index (χ1n) is 4.04. The summed E-state index contributed by atoms with van der Waals surface area (Å²) in [7, 11) is 0. The van der Waals surface area contributed by atoms with E-state index < -0.39 is 0 Å². The molecule has 1 unspecified atom stereocenters. The SMILES string of the molecule is CCCC(C=C(N)N)CCO. The molecule has 0 fully saturated rings. The molecule has 0 aliphatic rings. The molecule has 3 nitrogen and oxygen atoms in total. The standard InChI is InChI=1S/C8H18N2O/c1-2-3-7(4-5-11)6-8(9)10/h6-7,11H,2-5,9-10H2,1H3. The summed E-state index contributed by atoms with van der Waals surface area (Å²) in [5.74, 6) is 0.701. The second kappa shape index (κ2) is 6.04. The van der Waals surface area contributed by atoms with Crippen molar-refractivity contribution in [1.29, 1.82) is 0 Å². The maximum Gasteiger partial charge on any atom is 0.0895 e. The summed E-state index contributed by atoms with van der Waals surface area (Å²) in [6.07, 6.45) is 4.71. The highest BCUT2D eigenvalue weighted by Crippen LogP contribution is 2.12. The zero-order valence-electron chi connectivity index (χ0n) is 7.09. The molecule has 0 amide bonds. The fourth-order valence-electron chi connectivity index (χ4n) is 1.12. The monoisotopic (exact) mass is 158 g/mol. The summed E-state index contributed by atoms with van der Waals surface area (Å²) in [5.41, 5.74) is 10.6. The lowest BCUT2D eigenvalue weighted by Gasteiger charge is -2.09. The van der Waals surface area contributed by atoms with Crippen molar-refractivity contribution < 1.29 is 5.11 Å². The summed E-state index contributed by atoms with van der Waals surface area (Å²) in [5, 5.41) is 8.67. The van der Waals surface area contributed by atoms with Crippen LogP contribution in [0, 0.1) is 5.92 Å². The van der Waals surface area contributed by atoms with E-state index in [2.05, 4.69) is 6.92 Å².